The van der Waals surface area contributed by atoms with Crippen molar-refractivity contribution in [2.45, 2.75) is 25.9 Å². The number of carbonyl (C=O) groups is 1. The van der Waals surface area contributed by atoms with Crippen molar-refractivity contribution in [3.63, 3.8) is 0 Å². The molecule has 4 aromatic rings. The van der Waals surface area contributed by atoms with Crippen LogP contribution in [0.4, 0.5) is 26.2 Å². The molecule has 0 spiro atoms. The third-order valence-electron chi connectivity index (χ3n) is 7.28. The van der Waals surface area contributed by atoms with E-state index in [0.29, 0.717) is 68.2 Å². The first kappa shape index (κ1) is 26.2. The number of rotatable bonds is 6. The first-order valence-corrected chi connectivity index (χ1v) is 13.2. The summed E-state index contributed by atoms with van der Waals surface area (Å²) in [6, 6.07) is 8.02. The summed E-state index contributed by atoms with van der Waals surface area (Å²) >= 11 is 0. The van der Waals surface area contributed by atoms with Gasteiger partial charge in [-0.05, 0) is 44.2 Å². The van der Waals surface area contributed by atoms with E-state index in [1.807, 2.05) is 18.7 Å². The van der Waals surface area contributed by atoms with E-state index in [2.05, 4.69) is 25.6 Å². The molecular formula is C28H30F2N8O2. The second-order valence-electron chi connectivity index (χ2n) is 10.5. The van der Waals surface area contributed by atoms with Gasteiger partial charge in [0.2, 0.25) is 11.9 Å². The molecule has 2 N–H and O–H groups in total. The number of fused-ring (bicyclic) bond motifs is 1. The zero-order valence-corrected chi connectivity index (χ0v) is 22.3. The zero-order valence-electron chi connectivity index (χ0n) is 22.3. The molecule has 1 aromatic carbocycles. The summed E-state index contributed by atoms with van der Waals surface area (Å²) < 4.78 is 37.1. The number of pyridine rings is 1. The molecule has 0 saturated carbocycles. The molecule has 2 aliphatic rings. The van der Waals surface area contributed by atoms with Gasteiger partial charge in [0.1, 0.15) is 23.1 Å². The van der Waals surface area contributed by atoms with Gasteiger partial charge < -0.3 is 19.9 Å². The molecule has 2 fully saturated rings. The Morgan fingerprint density at radius 2 is 1.82 bits per heavy atom. The maximum Gasteiger partial charge on any atom is 0.247 e. The van der Waals surface area contributed by atoms with Crippen molar-refractivity contribution in [1.82, 2.24) is 29.7 Å². The second kappa shape index (κ2) is 10.5. The molecule has 2 saturated heterocycles. The fraction of sp³-hybridized carbons (Fsp3) is 0.357. The maximum absolute atomic E-state index is 15.1. The van der Waals surface area contributed by atoms with Gasteiger partial charge in [-0.1, -0.05) is 0 Å². The molecule has 6 rings (SSSR count). The minimum atomic E-state index is -0.649. The summed E-state index contributed by atoms with van der Waals surface area (Å²) in [4.78, 5) is 29.8. The predicted molar refractivity (Wildman–Crippen MR) is 147 cm³/mol. The number of carbonyl (C=O) groups excluding carboxylic acids is 1. The lowest BCUT2D eigenvalue weighted by atomic mass is 10.0. The SMILES string of the molecule is CC1(C)NCCN(c2ccc(Nc3ncc4ccn(-c5cc(F)c(CN6CCOCC6)c(F)c5)c4n3)cn2)C1=O. The Hall–Kier alpha value is -4.00. The van der Waals surface area contributed by atoms with Crippen LogP contribution < -0.4 is 15.5 Å². The number of amides is 1. The number of aromatic nitrogens is 4. The lowest BCUT2D eigenvalue weighted by molar-refractivity contribution is -0.125. The Bertz CT molecular complexity index is 1530. The number of ether oxygens (including phenoxy) is 1. The van der Waals surface area contributed by atoms with Gasteiger partial charge in [-0.3, -0.25) is 14.6 Å². The molecule has 1 amide bonds. The van der Waals surface area contributed by atoms with Crippen LogP contribution in [-0.2, 0) is 16.1 Å². The number of nitrogens with zero attached hydrogens (tertiary/aromatic N) is 6. The van der Waals surface area contributed by atoms with Crippen molar-refractivity contribution in [1.29, 1.82) is 0 Å². The Morgan fingerprint density at radius 1 is 1.05 bits per heavy atom. The summed E-state index contributed by atoms with van der Waals surface area (Å²) in [5, 5.41) is 7.05. The number of nitrogens with one attached hydrogen (secondary N) is 2. The van der Waals surface area contributed by atoms with Crippen LogP contribution in [0, 0.1) is 11.6 Å². The quantitative estimate of drug-likeness (QED) is 0.378. The monoisotopic (exact) mass is 548 g/mol. The number of halogens is 2. The van der Waals surface area contributed by atoms with Crippen LogP contribution in [0.25, 0.3) is 16.7 Å². The van der Waals surface area contributed by atoms with E-state index >= 15 is 8.78 Å². The molecule has 3 aromatic heterocycles. The van der Waals surface area contributed by atoms with Crippen LogP contribution in [0.1, 0.15) is 19.4 Å². The van der Waals surface area contributed by atoms with Gasteiger partial charge >= 0.3 is 0 Å². The van der Waals surface area contributed by atoms with Crippen LogP contribution in [0.15, 0.2) is 48.9 Å². The topological polar surface area (TPSA) is 100 Å². The van der Waals surface area contributed by atoms with Crippen LogP contribution in [0.5, 0.6) is 0 Å². The molecule has 2 aliphatic heterocycles. The van der Waals surface area contributed by atoms with Gasteiger partial charge in [-0.2, -0.15) is 4.98 Å². The Morgan fingerprint density at radius 3 is 2.55 bits per heavy atom. The smallest absolute Gasteiger partial charge is 0.247 e. The number of hydrogen-bond donors (Lipinski definition) is 2. The lowest BCUT2D eigenvalue weighted by Gasteiger charge is -2.37. The predicted octanol–water partition coefficient (Wildman–Crippen LogP) is 3.38. The van der Waals surface area contributed by atoms with Gasteiger partial charge in [0.25, 0.3) is 0 Å². The number of benzene rings is 1. The first-order valence-electron chi connectivity index (χ1n) is 13.2. The summed E-state index contributed by atoms with van der Waals surface area (Å²) in [7, 11) is 0. The van der Waals surface area contributed by atoms with E-state index < -0.39 is 17.2 Å². The van der Waals surface area contributed by atoms with Crippen molar-refractivity contribution in [2.24, 2.45) is 0 Å². The van der Waals surface area contributed by atoms with Crippen molar-refractivity contribution < 1.29 is 18.3 Å². The highest BCUT2D eigenvalue weighted by Gasteiger charge is 2.36. The van der Waals surface area contributed by atoms with E-state index in [1.54, 1.807) is 46.3 Å². The third-order valence-corrected chi connectivity index (χ3v) is 7.28. The summed E-state index contributed by atoms with van der Waals surface area (Å²) in [6.07, 6.45) is 4.97. The molecule has 0 radical (unpaired) electrons. The number of piperazine rings is 1. The van der Waals surface area contributed by atoms with E-state index in [-0.39, 0.29) is 18.0 Å². The lowest BCUT2D eigenvalue weighted by Crippen LogP contribution is -2.61. The number of anilines is 3. The van der Waals surface area contributed by atoms with Gasteiger partial charge in [-0.25, -0.2) is 18.7 Å². The molecule has 0 atom stereocenters. The molecule has 0 unspecified atom stereocenters. The second-order valence-corrected chi connectivity index (χ2v) is 10.5. The molecule has 208 valence electrons. The fourth-order valence-corrected chi connectivity index (χ4v) is 5.01. The van der Waals surface area contributed by atoms with Crippen LogP contribution in [0.3, 0.4) is 0 Å². The molecule has 5 heterocycles. The minimum Gasteiger partial charge on any atom is -0.379 e. The van der Waals surface area contributed by atoms with Gasteiger partial charge in [0.05, 0.1) is 36.3 Å². The van der Waals surface area contributed by atoms with Gasteiger partial charge in [0.15, 0.2) is 0 Å². The van der Waals surface area contributed by atoms with Crippen molar-refractivity contribution in [3.8, 4) is 5.69 Å². The normalized spacial score (nSPS) is 17.9. The van der Waals surface area contributed by atoms with E-state index in [9.17, 15) is 4.79 Å². The van der Waals surface area contributed by atoms with Gasteiger partial charge in [0, 0.05) is 56.1 Å². The minimum absolute atomic E-state index is 0.0384. The zero-order chi connectivity index (χ0) is 27.9. The molecule has 40 heavy (non-hydrogen) atoms. The molecule has 10 nitrogen and oxygen atoms in total. The summed E-state index contributed by atoms with van der Waals surface area (Å²) in [5.41, 5.74) is 0.850. The largest absolute Gasteiger partial charge is 0.379 e. The van der Waals surface area contributed by atoms with Crippen LogP contribution in [-0.4, -0.2) is 75.3 Å². The molecular weight excluding hydrogens is 518 g/mol. The highest BCUT2D eigenvalue weighted by Crippen LogP contribution is 2.26. The summed E-state index contributed by atoms with van der Waals surface area (Å²) in [6.45, 7) is 7.50. The van der Waals surface area contributed by atoms with E-state index in [0.717, 1.165) is 5.39 Å². The van der Waals surface area contributed by atoms with E-state index in [1.165, 1.54) is 12.1 Å². The average Bonchev–Trinajstić information content (AvgIpc) is 3.37. The maximum atomic E-state index is 15.1. The van der Waals surface area contributed by atoms with Crippen LogP contribution in [0.2, 0.25) is 0 Å². The van der Waals surface area contributed by atoms with Crippen molar-refractivity contribution >= 4 is 34.4 Å². The third kappa shape index (κ3) is 5.12. The standard InChI is InChI=1S/C28H30F2N8O2/c1-28(2)26(39)38(8-6-33-28)24-4-3-19(16-31-24)34-27-32-15-18-5-7-37(25(18)35-27)20-13-22(29)21(23(30)14-20)17-36-9-11-40-12-10-36/h3-5,7,13-16,33H,6,8-12,17H2,1-2H3,(H,32,34,35). The van der Waals surface area contributed by atoms with Crippen molar-refractivity contribution in [3.05, 3.63) is 66.1 Å². The highest BCUT2D eigenvalue weighted by molar-refractivity contribution is 5.99. The number of morpholine rings is 1. The Kier molecular flexibility index (Phi) is 6.90. The highest BCUT2D eigenvalue weighted by atomic mass is 19.1. The Labute approximate surface area is 230 Å². The Balaban J connectivity index is 1.22. The average molecular weight is 549 g/mol. The fourth-order valence-electron chi connectivity index (χ4n) is 5.01. The summed E-state index contributed by atoms with van der Waals surface area (Å²) in [5.74, 6) is -0.382. The molecule has 12 heteroatoms. The van der Waals surface area contributed by atoms with Crippen molar-refractivity contribution in [2.75, 3.05) is 49.6 Å². The van der Waals surface area contributed by atoms with Gasteiger partial charge in [-0.15, -0.1) is 0 Å². The molecule has 0 aliphatic carbocycles. The first-order chi connectivity index (χ1) is 19.3. The van der Waals surface area contributed by atoms with E-state index in [4.69, 9.17) is 4.74 Å². The van der Waals surface area contributed by atoms with Crippen LogP contribution >= 0.6 is 0 Å². The molecule has 0 bridgehead atoms. The number of hydrogen-bond acceptors (Lipinski definition) is 8.